The number of morpholine rings is 1. The fourth-order valence-corrected chi connectivity index (χ4v) is 4.00. The number of ether oxygens (including phenoxy) is 1. The number of anilines is 1. The van der Waals surface area contributed by atoms with Gasteiger partial charge in [0, 0.05) is 29.9 Å². The molecule has 1 aromatic carbocycles. The number of hydrogen-bond donors (Lipinski definition) is 1. The Morgan fingerprint density at radius 1 is 1.23 bits per heavy atom. The summed E-state index contributed by atoms with van der Waals surface area (Å²) in [5, 5.41) is 0.509. The maximum atomic E-state index is 12.3. The van der Waals surface area contributed by atoms with Crippen molar-refractivity contribution in [1.29, 1.82) is 0 Å². The van der Waals surface area contributed by atoms with Gasteiger partial charge in [-0.25, -0.2) is 23.1 Å². The fourth-order valence-electron chi connectivity index (χ4n) is 2.72. The minimum absolute atomic E-state index is 0.0436. The van der Waals surface area contributed by atoms with Gasteiger partial charge in [0.25, 0.3) is 0 Å². The Morgan fingerprint density at radius 2 is 2.00 bits per heavy atom. The molecule has 1 saturated heterocycles. The summed E-state index contributed by atoms with van der Waals surface area (Å²) in [4.78, 5) is 10.9. The van der Waals surface area contributed by atoms with Crippen molar-refractivity contribution in [2.45, 2.75) is 19.2 Å². The van der Waals surface area contributed by atoms with Gasteiger partial charge in [-0.15, -0.1) is 0 Å². The molecular formula is C17H21ClN4O3S. The molecule has 2 aromatic rings. The maximum Gasteiger partial charge on any atom is 0.216 e. The molecule has 0 atom stereocenters. The highest BCUT2D eigenvalue weighted by molar-refractivity contribution is 7.88. The van der Waals surface area contributed by atoms with E-state index in [0.717, 1.165) is 24.6 Å². The Bertz CT molecular complexity index is 870. The summed E-state index contributed by atoms with van der Waals surface area (Å²) < 4.78 is 32.6. The third-order valence-electron chi connectivity index (χ3n) is 3.92. The van der Waals surface area contributed by atoms with Crippen LogP contribution in [0.5, 0.6) is 0 Å². The molecule has 7 nitrogen and oxygen atoms in total. The van der Waals surface area contributed by atoms with Gasteiger partial charge in [0.1, 0.15) is 11.6 Å². The van der Waals surface area contributed by atoms with E-state index < -0.39 is 10.0 Å². The predicted octanol–water partition coefficient (Wildman–Crippen LogP) is 1.89. The molecule has 26 heavy (non-hydrogen) atoms. The molecule has 0 unspecified atom stereocenters. The molecule has 1 aliphatic rings. The Morgan fingerprint density at radius 3 is 2.73 bits per heavy atom. The topological polar surface area (TPSA) is 84.4 Å². The molecule has 3 rings (SSSR count). The summed E-state index contributed by atoms with van der Waals surface area (Å²) in [6.07, 6.45) is 0. The van der Waals surface area contributed by atoms with Crippen molar-refractivity contribution in [1.82, 2.24) is 14.7 Å². The van der Waals surface area contributed by atoms with Crippen LogP contribution >= 0.6 is 11.6 Å². The van der Waals surface area contributed by atoms with E-state index in [4.69, 9.17) is 16.3 Å². The second-order valence-electron chi connectivity index (χ2n) is 6.09. The lowest BCUT2D eigenvalue weighted by Gasteiger charge is -2.28. The van der Waals surface area contributed by atoms with Gasteiger partial charge in [-0.1, -0.05) is 23.7 Å². The van der Waals surface area contributed by atoms with E-state index in [-0.39, 0.29) is 12.3 Å². The summed E-state index contributed by atoms with van der Waals surface area (Å²) in [5.41, 5.74) is 1.43. The fraction of sp³-hybridized carbons (Fsp3) is 0.412. The van der Waals surface area contributed by atoms with Gasteiger partial charge in [-0.05, 0) is 24.6 Å². The maximum absolute atomic E-state index is 12.3. The van der Waals surface area contributed by atoms with E-state index in [9.17, 15) is 8.42 Å². The summed E-state index contributed by atoms with van der Waals surface area (Å²) in [7, 11) is -3.52. The monoisotopic (exact) mass is 396 g/mol. The molecule has 1 aliphatic heterocycles. The molecular weight excluding hydrogens is 376 g/mol. The van der Waals surface area contributed by atoms with E-state index >= 15 is 0 Å². The first-order chi connectivity index (χ1) is 12.4. The molecule has 9 heteroatoms. The minimum atomic E-state index is -3.52. The molecule has 2 heterocycles. The first-order valence-electron chi connectivity index (χ1n) is 8.30. The quantitative estimate of drug-likeness (QED) is 0.802. The number of hydrogen-bond acceptors (Lipinski definition) is 6. The van der Waals surface area contributed by atoms with Crippen molar-refractivity contribution in [2.75, 3.05) is 31.2 Å². The zero-order chi connectivity index (χ0) is 18.6. The Balaban J connectivity index is 1.67. The smallest absolute Gasteiger partial charge is 0.216 e. The van der Waals surface area contributed by atoms with E-state index in [2.05, 4.69) is 19.6 Å². The van der Waals surface area contributed by atoms with Crippen molar-refractivity contribution < 1.29 is 13.2 Å². The third-order valence-corrected chi connectivity index (χ3v) is 5.45. The average Bonchev–Trinajstić information content (AvgIpc) is 2.60. The molecule has 140 valence electrons. The van der Waals surface area contributed by atoms with Crippen LogP contribution in [0, 0.1) is 6.92 Å². The molecule has 1 aromatic heterocycles. The molecule has 0 aliphatic carbocycles. The third kappa shape index (κ3) is 5.38. The van der Waals surface area contributed by atoms with Gasteiger partial charge in [0.15, 0.2) is 0 Å². The number of halogens is 1. The van der Waals surface area contributed by atoms with Crippen molar-refractivity contribution in [3.8, 4) is 0 Å². The molecule has 1 N–H and O–H groups in total. The molecule has 0 bridgehead atoms. The van der Waals surface area contributed by atoms with Crippen molar-refractivity contribution in [2.24, 2.45) is 0 Å². The summed E-state index contributed by atoms with van der Waals surface area (Å²) in [6, 6.07) is 8.70. The van der Waals surface area contributed by atoms with Gasteiger partial charge < -0.3 is 9.64 Å². The standard InChI is InChI=1S/C17H21ClN4O3S/c1-13-9-17(22-5-7-25-8-6-22)21-16(20-13)11-19-26(23,24)12-14-3-2-4-15(18)10-14/h2-4,9-10,19H,5-8,11-12H2,1H3. The van der Waals surface area contributed by atoms with Crippen LogP contribution in [0.2, 0.25) is 5.02 Å². The van der Waals surface area contributed by atoms with E-state index in [1.165, 1.54) is 0 Å². The van der Waals surface area contributed by atoms with Crippen molar-refractivity contribution in [3.05, 3.63) is 52.4 Å². The Hall–Kier alpha value is -1.74. The normalized spacial score (nSPS) is 15.2. The van der Waals surface area contributed by atoms with Crippen LogP contribution in [-0.4, -0.2) is 44.7 Å². The van der Waals surface area contributed by atoms with Crippen LogP contribution in [0.25, 0.3) is 0 Å². The number of nitrogens with one attached hydrogen (secondary N) is 1. The number of rotatable bonds is 6. The summed E-state index contributed by atoms with van der Waals surface area (Å²) in [6.45, 7) is 4.75. The van der Waals surface area contributed by atoms with Crippen LogP contribution in [0.3, 0.4) is 0 Å². The first kappa shape index (κ1) is 19.0. The highest BCUT2D eigenvalue weighted by Gasteiger charge is 2.16. The Kier molecular flexibility index (Phi) is 6.08. The highest BCUT2D eigenvalue weighted by Crippen LogP contribution is 2.15. The predicted molar refractivity (Wildman–Crippen MR) is 101 cm³/mol. The summed E-state index contributed by atoms with van der Waals surface area (Å²) >= 11 is 5.91. The van der Waals surface area contributed by atoms with Crippen LogP contribution in [0.1, 0.15) is 17.1 Å². The SMILES string of the molecule is Cc1cc(N2CCOCC2)nc(CNS(=O)(=O)Cc2cccc(Cl)c2)n1. The number of aromatic nitrogens is 2. The van der Waals surface area contributed by atoms with Crippen molar-refractivity contribution >= 4 is 27.4 Å². The number of nitrogens with zero attached hydrogens (tertiary/aromatic N) is 3. The first-order valence-corrected chi connectivity index (χ1v) is 10.3. The molecule has 0 spiro atoms. The van der Waals surface area contributed by atoms with Crippen LogP contribution in [0.15, 0.2) is 30.3 Å². The number of aryl methyl sites for hydroxylation is 1. The zero-order valence-corrected chi connectivity index (χ0v) is 16.1. The number of sulfonamides is 1. The lowest BCUT2D eigenvalue weighted by atomic mass is 10.2. The molecule has 0 saturated carbocycles. The summed E-state index contributed by atoms with van der Waals surface area (Å²) in [5.74, 6) is 1.10. The van der Waals surface area contributed by atoms with Gasteiger partial charge in [-0.2, -0.15) is 0 Å². The molecule has 0 radical (unpaired) electrons. The molecule has 0 amide bonds. The van der Waals surface area contributed by atoms with E-state index in [0.29, 0.717) is 29.6 Å². The number of benzene rings is 1. The second-order valence-corrected chi connectivity index (χ2v) is 8.34. The van der Waals surface area contributed by atoms with Gasteiger partial charge in [-0.3, -0.25) is 0 Å². The molecule has 1 fully saturated rings. The van der Waals surface area contributed by atoms with Gasteiger partial charge in [0.2, 0.25) is 10.0 Å². The highest BCUT2D eigenvalue weighted by atomic mass is 35.5. The van der Waals surface area contributed by atoms with E-state index in [1.807, 2.05) is 13.0 Å². The van der Waals surface area contributed by atoms with Crippen LogP contribution in [0.4, 0.5) is 5.82 Å². The van der Waals surface area contributed by atoms with Crippen molar-refractivity contribution in [3.63, 3.8) is 0 Å². The second kappa shape index (κ2) is 8.30. The zero-order valence-electron chi connectivity index (χ0n) is 14.5. The largest absolute Gasteiger partial charge is 0.378 e. The minimum Gasteiger partial charge on any atom is -0.378 e. The average molecular weight is 397 g/mol. The Labute approximate surface area is 158 Å². The van der Waals surface area contributed by atoms with Crippen LogP contribution < -0.4 is 9.62 Å². The lowest BCUT2D eigenvalue weighted by molar-refractivity contribution is 0.122. The van der Waals surface area contributed by atoms with Gasteiger partial charge in [0.05, 0.1) is 25.5 Å². The lowest BCUT2D eigenvalue weighted by Crippen LogP contribution is -2.37. The van der Waals surface area contributed by atoms with Gasteiger partial charge >= 0.3 is 0 Å². The van der Waals surface area contributed by atoms with E-state index in [1.54, 1.807) is 24.3 Å². The van der Waals surface area contributed by atoms with Crippen LogP contribution in [-0.2, 0) is 27.1 Å².